The first-order chi connectivity index (χ1) is 7.77. The van der Waals surface area contributed by atoms with Crippen LogP contribution in [0.4, 0.5) is 5.82 Å². The van der Waals surface area contributed by atoms with E-state index in [4.69, 9.17) is 0 Å². The standard InChI is InChI=1S/C10H17N5O/c1-3-12-6-7-13-9-5-4-8(14-15-9)10(16)11-2/h4-5,12H,3,6-7H2,1-2H3,(H,11,16)(H,13,15). The summed E-state index contributed by atoms with van der Waals surface area (Å²) in [5, 5.41) is 16.5. The van der Waals surface area contributed by atoms with E-state index in [1.807, 2.05) is 0 Å². The predicted octanol–water partition coefficient (Wildman–Crippen LogP) is -0.142. The fourth-order valence-corrected chi connectivity index (χ4v) is 1.13. The minimum atomic E-state index is -0.230. The van der Waals surface area contributed by atoms with Gasteiger partial charge in [0.15, 0.2) is 5.69 Å². The minimum Gasteiger partial charge on any atom is -0.367 e. The van der Waals surface area contributed by atoms with Crippen LogP contribution in [0.3, 0.4) is 0 Å². The third-order valence-corrected chi connectivity index (χ3v) is 1.98. The second-order valence-electron chi connectivity index (χ2n) is 3.16. The Hall–Kier alpha value is -1.69. The minimum absolute atomic E-state index is 0.230. The molecule has 1 amide bonds. The zero-order chi connectivity index (χ0) is 11.8. The molecule has 0 aliphatic carbocycles. The van der Waals surface area contributed by atoms with Crippen molar-refractivity contribution in [1.82, 2.24) is 20.8 Å². The lowest BCUT2D eigenvalue weighted by Gasteiger charge is -2.05. The number of carbonyl (C=O) groups excluding carboxylic acids is 1. The molecule has 0 aliphatic heterocycles. The van der Waals surface area contributed by atoms with E-state index in [1.165, 1.54) is 0 Å². The van der Waals surface area contributed by atoms with E-state index < -0.39 is 0 Å². The summed E-state index contributed by atoms with van der Waals surface area (Å²) in [6, 6.07) is 3.38. The topological polar surface area (TPSA) is 78.9 Å². The molecule has 88 valence electrons. The summed E-state index contributed by atoms with van der Waals surface area (Å²) in [7, 11) is 1.56. The number of carbonyl (C=O) groups is 1. The highest BCUT2D eigenvalue weighted by Gasteiger charge is 2.04. The summed E-state index contributed by atoms with van der Waals surface area (Å²) in [5.41, 5.74) is 0.319. The van der Waals surface area contributed by atoms with Gasteiger partial charge in [0.05, 0.1) is 0 Å². The molecule has 16 heavy (non-hydrogen) atoms. The first kappa shape index (κ1) is 12.4. The van der Waals surface area contributed by atoms with Crippen molar-refractivity contribution in [3.05, 3.63) is 17.8 Å². The number of amides is 1. The molecule has 1 aromatic heterocycles. The molecule has 0 bridgehead atoms. The number of rotatable bonds is 6. The molecule has 0 aliphatic rings. The fourth-order valence-electron chi connectivity index (χ4n) is 1.13. The second kappa shape index (κ2) is 6.73. The van der Waals surface area contributed by atoms with Gasteiger partial charge in [-0.2, -0.15) is 0 Å². The molecule has 0 saturated carbocycles. The molecule has 6 nitrogen and oxygen atoms in total. The summed E-state index contributed by atoms with van der Waals surface area (Å²) < 4.78 is 0. The molecule has 0 unspecified atom stereocenters. The van der Waals surface area contributed by atoms with Crippen molar-refractivity contribution in [3.8, 4) is 0 Å². The van der Waals surface area contributed by atoms with Crippen LogP contribution in [0.25, 0.3) is 0 Å². The average Bonchev–Trinajstić information content (AvgIpc) is 2.34. The van der Waals surface area contributed by atoms with Crippen LogP contribution in [0.2, 0.25) is 0 Å². The fraction of sp³-hybridized carbons (Fsp3) is 0.500. The number of anilines is 1. The maximum atomic E-state index is 11.2. The Bertz CT molecular complexity index is 324. The van der Waals surface area contributed by atoms with Crippen LogP contribution in [0.15, 0.2) is 12.1 Å². The van der Waals surface area contributed by atoms with Gasteiger partial charge in [-0.05, 0) is 18.7 Å². The van der Waals surface area contributed by atoms with Gasteiger partial charge in [-0.25, -0.2) is 0 Å². The van der Waals surface area contributed by atoms with Crippen molar-refractivity contribution in [1.29, 1.82) is 0 Å². The van der Waals surface area contributed by atoms with E-state index in [0.717, 1.165) is 19.6 Å². The number of nitrogens with one attached hydrogen (secondary N) is 3. The number of likely N-dealkylation sites (N-methyl/N-ethyl adjacent to an activating group) is 1. The zero-order valence-electron chi connectivity index (χ0n) is 9.58. The Morgan fingerprint density at radius 1 is 1.31 bits per heavy atom. The Morgan fingerprint density at radius 3 is 2.69 bits per heavy atom. The number of hydrogen-bond acceptors (Lipinski definition) is 5. The quantitative estimate of drug-likeness (QED) is 0.585. The highest BCUT2D eigenvalue weighted by atomic mass is 16.1. The van der Waals surface area contributed by atoms with Gasteiger partial charge in [0, 0.05) is 20.1 Å². The SMILES string of the molecule is CCNCCNc1ccc(C(=O)NC)nn1. The van der Waals surface area contributed by atoms with Crippen LogP contribution in [0.1, 0.15) is 17.4 Å². The van der Waals surface area contributed by atoms with Gasteiger partial charge in [-0.3, -0.25) is 4.79 Å². The smallest absolute Gasteiger partial charge is 0.271 e. The highest BCUT2D eigenvalue weighted by Crippen LogP contribution is 2.00. The van der Waals surface area contributed by atoms with Crippen molar-refractivity contribution < 1.29 is 4.79 Å². The number of aromatic nitrogens is 2. The maximum absolute atomic E-state index is 11.2. The molecule has 0 radical (unpaired) electrons. The molecule has 0 atom stereocenters. The summed E-state index contributed by atoms with van der Waals surface area (Å²) in [6.07, 6.45) is 0. The van der Waals surface area contributed by atoms with E-state index in [0.29, 0.717) is 11.5 Å². The van der Waals surface area contributed by atoms with Crippen molar-refractivity contribution in [2.24, 2.45) is 0 Å². The second-order valence-corrected chi connectivity index (χ2v) is 3.16. The molecule has 1 heterocycles. The monoisotopic (exact) mass is 223 g/mol. The van der Waals surface area contributed by atoms with Crippen molar-refractivity contribution in [2.75, 3.05) is 32.0 Å². The molecule has 0 fully saturated rings. The lowest BCUT2D eigenvalue weighted by Crippen LogP contribution is -2.22. The molecule has 3 N–H and O–H groups in total. The van der Waals surface area contributed by atoms with E-state index in [1.54, 1.807) is 19.2 Å². The maximum Gasteiger partial charge on any atom is 0.271 e. The predicted molar refractivity (Wildman–Crippen MR) is 62.5 cm³/mol. The third-order valence-electron chi connectivity index (χ3n) is 1.98. The summed E-state index contributed by atoms with van der Waals surface area (Å²) in [6.45, 7) is 4.65. The first-order valence-corrected chi connectivity index (χ1v) is 5.28. The number of nitrogens with zero attached hydrogens (tertiary/aromatic N) is 2. The Kier molecular flexibility index (Phi) is 5.21. The molecule has 0 aromatic carbocycles. The lowest BCUT2D eigenvalue weighted by molar-refractivity contribution is 0.0957. The highest BCUT2D eigenvalue weighted by molar-refractivity contribution is 5.91. The van der Waals surface area contributed by atoms with Crippen LogP contribution in [-0.2, 0) is 0 Å². The normalized spacial score (nSPS) is 9.88. The largest absolute Gasteiger partial charge is 0.367 e. The Labute approximate surface area is 94.8 Å². The van der Waals surface area contributed by atoms with Crippen molar-refractivity contribution >= 4 is 11.7 Å². The molecule has 0 saturated heterocycles. The van der Waals surface area contributed by atoms with Gasteiger partial charge in [0.25, 0.3) is 5.91 Å². The van der Waals surface area contributed by atoms with Crippen LogP contribution in [0, 0.1) is 0 Å². The summed E-state index contributed by atoms with van der Waals surface area (Å²) in [5.74, 6) is 0.442. The first-order valence-electron chi connectivity index (χ1n) is 5.28. The van der Waals surface area contributed by atoms with Crippen molar-refractivity contribution in [3.63, 3.8) is 0 Å². The molecule has 0 spiro atoms. The number of hydrogen-bond donors (Lipinski definition) is 3. The van der Waals surface area contributed by atoms with Crippen molar-refractivity contribution in [2.45, 2.75) is 6.92 Å². The van der Waals surface area contributed by atoms with Crippen LogP contribution in [-0.4, -0.2) is 42.8 Å². The van der Waals surface area contributed by atoms with Crippen LogP contribution in [0.5, 0.6) is 0 Å². The summed E-state index contributed by atoms with van der Waals surface area (Å²) >= 11 is 0. The Balaban J connectivity index is 2.42. The van der Waals surface area contributed by atoms with Gasteiger partial charge >= 0.3 is 0 Å². The average molecular weight is 223 g/mol. The van der Waals surface area contributed by atoms with Crippen LogP contribution >= 0.6 is 0 Å². The van der Waals surface area contributed by atoms with E-state index >= 15 is 0 Å². The Morgan fingerprint density at radius 2 is 2.12 bits per heavy atom. The van der Waals surface area contributed by atoms with Gasteiger partial charge < -0.3 is 16.0 Å². The van der Waals surface area contributed by atoms with E-state index in [2.05, 4.69) is 33.1 Å². The lowest BCUT2D eigenvalue weighted by atomic mass is 10.3. The summed E-state index contributed by atoms with van der Waals surface area (Å²) in [4.78, 5) is 11.2. The molecular weight excluding hydrogens is 206 g/mol. The molecule has 6 heteroatoms. The zero-order valence-corrected chi connectivity index (χ0v) is 9.58. The van der Waals surface area contributed by atoms with E-state index in [-0.39, 0.29) is 5.91 Å². The van der Waals surface area contributed by atoms with Gasteiger partial charge in [-0.1, -0.05) is 6.92 Å². The van der Waals surface area contributed by atoms with E-state index in [9.17, 15) is 4.79 Å². The van der Waals surface area contributed by atoms with Gasteiger partial charge in [0.1, 0.15) is 5.82 Å². The third kappa shape index (κ3) is 3.82. The van der Waals surface area contributed by atoms with Gasteiger partial charge in [0.2, 0.25) is 0 Å². The molecule has 1 rings (SSSR count). The molecular formula is C10H17N5O. The van der Waals surface area contributed by atoms with Crippen LogP contribution < -0.4 is 16.0 Å². The molecule has 1 aromatic rings. The van der Waals surface area contributed by atoms with Gasteiger partial charge in [-0.15, -0.1) is 10.2 Å².